The average Bonchev–Trinajstić information content (AvgIpc) is 2.26. The Morgan fingerprint density at radius 2 is 2.33 bits per heavy atom. The summed E-state index contributed by atoms with van der Waals surface area (Å²) in [5.41, 5.74) is -0.129. The van der Waals surface area contributed by atoms with E-state index < -0.39 is 0 Å². The van der Waals surface area contributed by atoms with Crippen LogP contribution in [0, 0.1) is 0 Å². The van der Waals surface area contributed by atoms with E-state index in [1.165, 1.54) is 0 Å². The second-order valence-corrected chi connectivity index (χ2v) is 3.18. The fourth-order valence-electron chi connectivity index (χ4n) is 1.37. The molecule has 0 radical (unpaired) electrons. The minimum Gasteiger partial charge on any atom is -0.351 e. The third-order valence-corrected chi connectivity index (χ3v) is 2.18. The predicted molar refractivity (Wildman–Crippen MR) is 61.3 cm³/mol. The van der Waals surface area contributed by atoms with E-state index in [1.54, 1.807) is 12.4 Å². The van der Waals surface area contributed by atoms with E-state index in [9.17, 15) is 4.79 Å². The van der Waals surface area contributed by atoms with E-state index in [0.717, 1.165) is 26.2 Å². The molecule has 1 heterocycles. The third kappa shape index (κ3) is 3.36. The van der Waals surface area contributed by atoms with Crippen LogP contribution in [0.5, 0.6) is 0 Å². The number of anilines is 1. The average molecular weight is 210 g/mol. The zero-order valence-electron chi connectivity index (χ0n) is 9.29. The number of rotatable bonds is 6. The highest BCUT2D eigenvalue weighted by Gasteiger charge is 2.08. The minimum atomic E-state index is -0.129. The molecule has 2 N–H and O–H groups in total. The van der Waals surface area contributed by atoms with Gasteiger partial charge in [0.1, 0.15) is 0 Å². The molecule has 5 nitrogen and oxygen atoms in total. The summed E-state index contributed by atoms with van der Waals surface area (Å²) in [5, 5.41) is 3.22. The number of likely N-dealkylation sites (N-methyl/N-ethyl adjacent to an activating group) is 2. The Kier molecular flexibility index (Phi) is 4.83. The summed E-state index contributed by atoms with van der Waals surface area (Å²) < 4.78 is 0. The molecule has 5 heteroatoms. The lowest BCUT2D eigenvalue weighted by Crippen LogP contribution is -2.35. The number of aromatic nitrogens is 2. The smallest absolute Gasteiger partial charge is 0.290 e. The Morgan fingerprint density at radius 1 is 1.53 bits per heavy atom. The lowest BCUT2D eigenvalue weighted by molar-refractivity contribution is 0.681. The number of aromatic amines is 1. The van der Waals surface area contributed by atoms with Crippen LogP contribution in [0.3, 0.4) is 0 Å². The van der Waals surface area contributed by atoms with Crippen LogP contribution in [0.1, 0.15) is 13.8 Å². The standard InChI is InChI=1S/C10H18N4O/c1-3-11-7-8-14(4-2)9-10(15)13-6-5-12-9/h5-6,11H,3-4,7-8H2,1-2H3,(H,13,15). The maximum absolute atomic E-state index is 11.5. The molecule has 0 aliphatic carbocycles. The van der Waals surface area contributed by atoms with Gasteiger partial charge in [0.05, 0.1) is 0 Å². The van der Waals surface area contributed by atoms with Crippen molar-refractivity contribution in [2.24, 2.45) is 0 Å². The summed E-state index contributed by atoms with van der Waals surface area (Å²) in [4.78, 5) is 20.1. The van der Waals surface area contributed by atoms with Crippen molar-refractivity contribution in [2.75, 3.05) is 31.1 Å². The van der Waals surface area contributed by atoms with Crippen molar-refractivity contribution in [2.45, 2.75) is 13.8 Å². The second-order valence-electron chi connectivity index (χ2n) is 3.18. The van der Waals surface area contributed by atoms with Gasteiger partial charge in [0, 0.05) is 32.0 Å². The summed E-state index contributed by atoms with van der Waals surface area (Å²) in [6.07, 6.45) is 3.15. The Morgan fingerprint density at radius 3 is 2.93 bits per heavy atom. The highest BCUT2D eigenvalue weighted by atomic mass is 16.1. The summed E-state index contributed by atoms with van der Waals surface area (Å²) in [6, 6.07) is 0. The fraction of sp³-hybridized carbons (Fsp3) is 0.600. The van der Waals surface area contributed by atoms with Crippen LogP contribution in [0.4, 0.5) is 5.82 Å². The summed E-state index contributed by atoms with van der Waals surface area (Å²) >= 11 is 0. The van der Waals surface area contributed by atoms with Crippen LogP contribution >= 0.6 is 0 Å². The molecule has 0 fully saturated rings. The van der Waals surface area contributed by atoms with Crippen molar-refractivity contribution < 1.29 is 0 Å². The first-order valence-electron chi connectivity index (χ1n) is 5.29. The number of H-pyrrole nitrogens is 1. The van der Waals surface area contributed by atoms with Gasteiger partial charge in [0.25, 0.3) is 5.56 Å². The van der Waals surface area contributed by atoms with E-state index in [1.807, 2.05) is 11.8 Å². The molecule has 1 aromatic heterocycles. The molecular weight excluding hydrogens is 192 g/mol. The van der Waals surface area contributed by atoms with Crippen LogP contribution in [0.25, 0.3) is 0 Å². The van der Waals surface area contributed by atoms with Gasteiger partial charge in [-0.15, -0.1) is 0 Å². The molecular formula is C10H18N4O. The molecule has 0 atom stereocenters. The summed E-state index contributed by atoms with van der Waals surface area (Å²) in [6.45, 7) is 7.45. The molecule has 0 aromatic carbocycles. The SMILES string of the molecule is CCNCCN(CC)c1ncc[nH]c1=O. The molecule has 0 amide bonds. The first kappa shape index (κ1) is 11.7. The fourth-order valence-corrected chi connectivity index (χ4v) is 1.37. The van der Waals surface area contributed by atoms with Crippen molar-refractivity contribution in [3.05, 3.63) is 22.7 Å². The number of hydrogen-bond donors (Lipinski definition) is 2. The predicted octanol–water partition coefficient (Wildman–Crippen LogP) is 0.206. The molecule has 15 heavy (non-hydrogen) atoms. The second kappa shape index (κ2) is 6.19. The highest BCUT2D eigenvalue weighted by molar-refractivity contribution is 5.34. The molecule has 0 saturated carbocycles. The molecule has 0 spiro atoms. The van der Waals surface area contributed by atoms with Crippen LogP contribution in [0.15, 0.2) is 17.2 Å². The van der Waals surface area contributed by atoms with Crippen LogP contribution in [-0.4, -0.2) is 36.1 Å². The Bertz CT molecular complexity index is 336. The van der Waals surface area contributed by atoms with Crippen molar-refractivity contribution in [3.8, 4) is 0 Å². The van der Waals surface area contributed by atoms with E-state index in [-0.39, 0.29) is 5.56 Å². The topological polar surface area (TPSA) is 61.0 Å². The van der Waals surface area contributed by atoms with Crippen molar-refractivity contribution in [1.82, 2.24) is 15.3 Å². The zero-order valence-corrected chi connectivity index (χ0v) is 9.29. The third-order valence-electron chi connectivity index (χ3n) is 2.18. The number of nitrogens with one attached hydrogen (secondary N) is 2. The molecule has 1 rings (SSSR count). The molecule has 1 aromatic rings. The molecule has 84 valence electrons. The van der Waals surface area contributed by atoms with Crippen molar-refractivity contribution in [3.63, 3.8) is 0 Å². The summed E-state index contributed by atoms with van der Waals surface area (Å²) in [5.74, 6) is 0.498. The van der Waals surface area contributed by atoms with Crippen molar-refractivity contribution >= 4 is 5.82 Å². The normalized spacial score (nSPS) is 10.3. The Balaban J connectivity index is 2.66. The largest absolute Gasteiger partial charge is 0.351 e. The molecule has 0 aliphatic heterocycles. The van der Waals surface area contributed by atoms with Gasteiger partial charge >= 0.3 is 0 Å². The van der Waals surface area contributed by atoms with Gasteiger partial charge in [-0.2, -0.15) is 0 Å². The zero-order chi connectivity index (χ0) is 11.1. The Labute approximate surface area is 89.5 Å². The van der Waals surface area contributed by atoms with Gasteiger partial charge in [-0.1, -0.05) is 6.92 Å². The monoisotopic (exact) mass is 210 g/mol. The van der Waals surface area contributed by atoms with Gasteiger partial charge in [-0.3, -0.25) is 4.79 Å². The van der Waals surface area contributed by atoms with Gasteiger partial charge in [-0.05, 0) is 13.5 Å². The first-order valence-corrected chi connectivity index (χ1v) is 5.29. The molecule has 0 unspecified atom stereocenters. The lowest BCUT2D eigenvalue weighted by atomic mass is 10.4. The van der Waals surface area contributed by atoms with E-state index in [0.29, 0.717) is 5.82 Å². The van der Waals surface area contributed by atoms with Gasteiger partial charge in [-0.25, -0.2) is 4.98 Å². The lowest BCUT2D eigenvalue weighted by Gasteiger charge is -2.20. The first-order chi connectivity index (χ1) is 7.29. The maximum Gasteiger partial charge on any atom is 0.290 e. The number of hydrogen-bond acceptors (Lipinski definition) is 4. The van der Waals surface area contributed by atoms with Crippen molar-refractivity contribution in [1.29, 1.82) is 0 Å². The Hall–Kier alpha value is -1.36. The highest BCUT2D eigenvalue weighted by Crippen LogP contribution is 2.00. The van der Waals surface area contributed by atoms with Gasteiger partial charge < -0.3 is 15.2 Å². The van der Waals surface area contributed by atoms with E-state index in [2.05, 4.69) is 22.2 Å². The molecule has 0 aliphatic rings. The summed E-state index contributed by atoms with van der Waals surface area (Å²) in [7, 11) is 0. The van der Waals surface area contributed by atoms with Crippen LogP contribution < -0.4 is 15.8 Å². The minimum absolute atomic E-state index is 0.129. The van der Waals surface area contributed by atoms with Crippen LogP contribution in [0.2, 0.25) is 0 Å². The van der Waals surface area contributed by atoms with E-state index >= 15 is 0 Å². The van der Waals surface area contributed by atoms with E-state index in [4.69, 9.17) is 0 Å². The maximum atomic E-state index is 11.5. The van der Waals surface area contributed by atoms with Gasteiger partial charge in [0.15, 0.2) is 5.82 Å². The molecule has 0 bridgehead atoms. The van der Waals surface area contributed by atoms with Gasteiger partial charge in [0.2, 0.25) is 0 Å². The molecule has 0 saturated heterocycles. The quantitative estimate of drug-likeness (QED) is 0.659. The number of nitrogens with zero attached hydrogens (tertiary/aromatic N) is 2. The van der Waals surface area contributed by atoms with Crippen LogP contribution in [-0.2, 0) is 0 Å².